The Labute approximate surface area is 66.8 Å². The molecule has 1 aromatic heterocycles. The number of H-pyrrole nitrogens is 1. The van der Waals surface area contributed by atoms with E-state index in [1.165, 1.54) is 25.0 Å². The third-order valence-electron chi connectivity index (χ3n) is 3.44. The van der Waals surface area contributed by atoms with Gasteiger partial charge in [-0.15, -0.1) is 0 Å². The molecular weight excluding hydrogens is 134 g/mol. The minimum absolute atomic E-state index is 0.917. The number of rotatable bonds is 0. The Morgan fingerprint density at radius 1 is 1.36 bits per heavy atom. The van der Waals surface area contributed by atoms with Crippen molar-refractivity contribution >= 4 is 0 Å². The quantitative estimate of drug-likeness (QED) is 0.580. The van der Waals surface area contributed by atoms with Gasteiger partial charge in [-0.25, -0.2) is 0 Å². The Balaban J connectivity index is 2.25. The molecule has 0 aromatic carbocycles. The smallest absolute Gasteiger partial charge is 0.0153 e. The lowest BCUT2D eigenvalue weighted by molar-refractivity contribution is 0.719. The van der Waals surface area contributed by atoms with E-state index in [-0.39, 0.29) is 0 Å². The van der Waals surface area contributed by atoms with Gasteiger partial charge in [-0.05, 0) is 49.1 Å². The van der Waals surface area contributed by atoms with Gasteiger partial charge in [0.1, 0.15) is 0 Å². The fourth-order valence-electron chi connectivity index (χ4n) is 2.96. The number of nitrogens with one attached hydrogen (secondary N) is 1. The van der Waals surface area contributed by atoms with Crippen LogP contribution in [0.3, 0.4) is 0 Å². The van der Waals surface area contributed by atoms with Crippen molar-refractivity contribution in [3.8, 4) is 0 Å². The van der Waals surface area contributed by atoms with Crippen molar-refractivity contribution in [2.75, 3.05) is 0 Å². The maximum atomic E-state index is 3.34. The Kier molecular flexibility index (Phi) is 0.913. The minimum Gasteiger partial charge on any atom is -0.365 e. The van der Waals surface area contributed by atoms with Crippen LogP contribution in [0.1, 0.15) is 47.9 Å². The van der Waals surface area contributed by atoms with Gasteiger partial charge >= 0.3 is 0 Å². The van der Waals surface area contributed by atoms with Gasteiger partial charge in [-0.2, -0.15) is 0 Å². The van der Waals surface area contributed by atoms with E-state index in [0.717, 1.165) is 11.8 Å². The second kappa shape index (κ2) is 1.71. The molecule has 1 saturated carbocycles. The molecule has 11 heavy (non-hydrogen) atoms. The average molecular weight is 147 g/mol. The van der Waals surface area contributed by atoms with Gasteiger partial charge in [0, 0.05) is 11.9 Å². The number of aromatic amines is 1. The van der Waals surface area contributed by atoms with Crippen molar-refractivity contribution in [3.05, 3.63) is 23.0 Å². The van der Waals surface area contributed by atoms with Crippen molar-refractivity contribution in [1.29, 1.82) is 0 Å². The first-order valence-corrected chi connectivity index (χ1v) is 4.54. The van der Waals surface area contributed by atoms with Crippen molar-refractivity contribution in [3.63, 3.8) is 0 Å². The van der Waals surface area contributed by atoms with E-state index in [9.17, 15) is 0 Å². The molecule has 0 radical (unpaired) electrons. The van der Waals surface area contributed by atoms with Crippen LogP contribution >= 0.6 is 0 Å². The first-order chi connectivity index (χ1) is 5.36. The van der Waals surface area contributed by atoms with E-state index in [1.807, 2.05) is 0 Å². The zero-order valence-corrected chi connectivity index (χ0v) is 6.85. The highest BCUT2D eigenvalue weighted by molar-refractivity contribution is 5.43. The summed E-state index contributed by atoms with van der Waals surface area (Å²) in [5, 5.41) is 0. The van der Waals surface area contributed by atoms with E-state index in [0.29, 0.717) is 0 Å². The lowest BCUT2D eigenvalue weighted by atomic mass is 9.94. The molecule has 2 aliphatic rings. The summed E-state index contributed by atoms with van der Waals surface area (Å²) in [7, 11) is 0. The summed E-state index contributed by atoms with van der Waals surface area (Å²) in [5.74, 6) is 1.83. The minimum atomic E-state index is 0.917. The van der Waals surface area contributed by atoms with E-state index in [2.05, 4.69) is 18.1 Å². The van der Waals surface area contributed by atoms with Gasteiger partial charge in [0.25, 0.3) is 0 Å². The summed E-state index contributed by atoms with van der Waals surface area (Å²) >= 11 is 0. The van der Waals surface area contributed by atoms with Crippen LogP contribution in [-0.4, -0.2) is 4.98 Å². The monoisotopic (exact) mass is 147 g/mol. The van der Waals surface area contributed by atoms with Gasteiger partial charge in [-0.1, -0.05) is 0 Å². The molecule has 1 aromatic rings. The second-order valence-electron chi connectivity index (χ2n) is 3.99. The van der Waals surface area contributed by atoms with Gasteiger partial charge in [0.2, 0.25) is 0 Å². The molecule has 2 aliphatic carbocycles. The standard InChI is InChI=1S/C10H13N/c1-6-10-8-3-2-7(4-8)9(10)5-11-6/h5,7-8,11H,2-4H2,1H3/t7-,8+/m0/s1. The number of aromatic nitrogens is 1. The molecule has 1 heterocycles. The molecule has 2 atom stereocenters. The van der Waals surface area contributed by atoms with E-state index in [1.54, 1.807) is 11.1 Å². The molecule has 2 bridgehead atoms. The fourth-order valence-corrected chi connectivity index (χ4v) is 2.96. The summed E-state index contributed by atoms with van der Waals surface area (Å²) in [4.78, 5) is 3.34. The number of hydrogen-bond donors (Lipinski definition) is 1. The summed E-state index contributed by atoms with van der Waals surface area (Å²) < 4.78 is 0. The maximum absolute atomic E-state index is 3.34. The summed E-state index contributed by atoms with van der Waals surface area (Å²) in [6, 6.07) is 0. The Morgan fingerprint density at radius 3 is 3.00 bits per heavy atom. The highest BCUT2D eigenvalue weighted by Gasteiger charge is 2.38. The SMILES string of the molecule is Cc1[nH]cc2c1[C@@H]1CC[C@H]2C1. The van der Waals surface area contributed by atoms with Gasteiger partial charge in [0.15, 0.2) is 0 Å². The second-order valence-corrected chi connectivity index (χ2v) is 3.99. The van der Waals surface area contributed by atoms with E-state index in [4.69, 9.17) is 0 Å². The van der Waals surface area contributed by atoms with Crippen LogP contribution in [0.4, 0.5) is 0 Å². The van der Waals surface area contributed by atoms with Crippen molar-refractivity contribution in [2.24, 2.45) is 0 Å². The molecular formula is C10H13N. The highest BCUT2D eigenvalue weighted by atomic mass is 14.7. The molecule has 1 fully saturated rings. The molecule has 0 amide bonds. The molecule has 3 rings (SSSR count). The predicted octanol–water partition coefficient (Wildman–Crippen LogP) is 2.69. The molecule has 1 N–H and O–H groups in total. The topological polar surface area (TPSA) is 15.8 Å². The third-order valence-corrected chi connectivity index (χ3v) is 3.44. The van der Waals surface area contributed by atoms with E-state index < -0.39 is 0 Å². The molecule has 1 nitrogen and oxygen atoms in total. The Morgan fingerprint density at radius 2 is 2.18 bits per heavy atom. The Bertz CT molecular complexity index is 298. The van der Waals surface area contributed by atoms with Gasteiger partial charge in [-0.3, -0.25) is 0 Å². The normalized spacial score (nSPS) is 32.8. The lowest BCUT2D eigenvalue weighted by Gasteiger charge is -2.10. The number of fused-ring (bicyclic) bond motifs is 5. The van der Waals surface area contributed by atoms with Crippen LogP contribution in [0, 0.1) is 6.92 Å². The third kappa shape index (κ3) is 0.574. The average Bonchev–Trinajstić information content (AvgIpc) is 2.60. The van der Waals surface area contributed by atoms with Gasteiger partial charge < -0.3 is 4.98 Å². The molecule has 0 saturated heterocycles. The van der Waals surface area contributed by atoms with Crippen LogP contribution in [-0.2, 0) is 0 Å². The molecule has 58 valence electrons. The van der Waals surface area contributed by atoms with Crippen LogP contribution < -0.4 is 0 Å². The van der Waals surface area contributed by atoms with Crippen LogP contribution in [0.2, 0.25) is 0 Å². The van der Waals surface area contributed by atoms with Crippen molar-refractivity contribution < 1.29 is 0 Å². The van der Waals surface area contributed by atoms with E-state index >= 15 is 0 Å². The number of aryl methyl sites for hydroxylation is 1. The lowest BCUT2D eigenvalue weighted by Crippen LogP contribution is -1.94. The maximum Gasteiger partial charge on any atom is 0.0153 e. The van der Waals surface area contributed by atoms with Gasteiger partial charge in [0.05, 0.1) is 0 Å². The zero-order valence-electron chi connectivity index (χ0n) is 6.85. The van der Waals surface area contributed by atoms with Crippen LogP contribution in [0.15, 0.2) is 6.20 Å². The summed E-state index contributed by atoms with van der Waals surface area (Å²) in [6.07, 6.45) is 6.56. The first kappa shape index (κ1) is 5.87. The largest absolute Gasteiger partial charge is 0.365 e. The van der Waals surface area contributed by atoms with Crippen LogP contribution in [0.5, 0.6) is 0 Å². The molecule has 1 heteroatoms. The predicted molar refractivity (Wildman–Crippen MR) is 44.9 cm³/mol. The molecule has 0 unspecified atom stereocenters. The fraction of sp³-hybridized carbons (Fsp3) is 0.600. The summed E-state index contributed by atoms with van der Waals surface area (Å²) in [5.41, 5.74) is 4.73. The molecule has 0 spiro atoms. The zero-order chi connectivity index (χ0) is 7.42. The van der Waals surface area contributed by atoms with Crippen molar-refractivity contribution in [1.82, 2.24) is 4.98 Å². The Hall–Kier alpha value is -0.720. The highest BCUT2D eigenvalue weighted by Crippen LogP contribution is 2.53. The van der Waals surface area contributed by atoms with Crippen LogP contribution in [0.25, 0.3) is 0 Å². The first-order valence-electron chi connectivity index (χ1n) is 4.54. The molecule has 0 aliphatic heterocycles. The number of hydrogen-bond acceptors (Lipinski definition) is 0. The summed E-state index contributed by atoms with van der Waals surface area (Å²) in [6.45, 7) is 2.21. The van der Waals surface area contributed by atoms with Crippen molar-refractivity contribution in [2.45, 2.75) is 38.0 Å².